The standard InChI is InChI=1S/C18H28Cl2N4O2S/c1-21-18(22-9-3-4-15-5-6-16(19)12-17(15)20)23-13-14-7-10-24(11-8-14)27(2,25)26/h5-6,12,14H,3-4,7-11,13H2,1-2H3,(H2,21,22,23). The van der Waals surface area contributed by atoms with Gasteiger partial charge in [0.1, 0.15) is 0 Å². The molecule has 0 saturated carbocycles. The van der Waals surface area contributed by atoms with E-state index in [1.807, 2.05) is 12.1 Å². The summed E-state index contributed by atoms with van der Waals surface area (Å²) in [5, 5.41) is 7.99. The molecule has 1 heterocycles. The first kappa shape index (κ1) is 22.3. The van der Waals surface area contributed by atoms with Gasteiger partial charge in [-0.05, 0) is 49.3 Å². The Balaban J connectivity index is 1.66. The highest BCUT2D eigenvalue weighted by Crippen LogP contribution is 2.22. The summed E-state index contributed by atoms with van der Waals surface area (Å²) in [6.07, 6.45) is 4.80. The largest absolute Gasteiger partial charge is 0.356 e. The average Bonchev–Trinajstić information content (AvgIpc) is 2.62. The zero-order valence-electron chi connectivity index (χ0n) is 15.8. The van der Waals surface area contributed by atoms with Gasteiger partial charge in [-0.2, -0.15) is 0 Å². The number of aliphatic imine (C=N–C) groups is 1. The second kappa shape index (κ2) is 10.5. The van der Waals surface area contributed by atoms with Crippen LogP contribution in [0.4, 0.5) is 0 Å². The zero-order chi connectivity index (χ0) is 19.9. The maximum absolute atomic E-state index is 11.6. The minimum atomic E-state index is -3.07. The molecule has 0 aromatic heterocycles. The third kappa shape index (κ3) is 7.49. The van der Waals surface area contributed by atoms with Crippen LogP contribution in [0, 0.1) is 5.92 Å². The molecule has 1 aliphatic heterocycles. The molecule has 0 unspecified atom stereocenters. The van der Waals surface area contributed by atoms with E-state index >= 15 is 0 Å². The fraction of sp³-hybridized carbons (Fsp3) is 0.611. The molecule has 0 radical (unpaired) electrons. The van der Waals surface area contributed by atoms with Crippen LogP contribution in [0.3, 0.4) is 0 Å². The lowest BCUT2D eigenvalue weighted by atomic mass is 9.98. The molecule has 1 aromatic carbocycles. The number of piperidine rings is 1. The Morgan fingerprint density at radius 2 is 1.96 bits per heavy atom. The Hall–Kier alpha value is -1.02. The van der Waals surface area contributed by atoms with Gasteiger partial charge in [-0.25, -0.2) is 12.7 Å². The summed E-state index contributed by atoms with van der Waals surface area (Å²) in [5.74, 6) is 1.22. The van der Waals surface area contributed by atoms with Crippen molar-refractivity contribution in [1.82, 2.24) is 14.9 Å². The van der Waals surface area contributed by atoms with E-state index in [1.54, 1.807) is 17.4 Å². The molecular weight excluding hydrogens is 407 g/mol. The third-order valence-electron chi connectivity index (χ3n) is 4.75. The first-order valence-electron chi connectivity index (χ1n) is 9.13. The molecule has 0 bridgehead atoms. The number of hydrogen-bond acceptors (Lipinski definition) is 3. The fourth-order valence-electron chi connectivity index (χ4n) is 3.12. The lowest BCUT2D eigenvalue weighted by molar-refractivity contribution is 0.275. The number of nitrogens with one attached hydrogen (secondary N) is 2. The molecule has 27 heavy (non-hydrogen) atoms. The van der Waals surface area contributed by atoms with E-state index in [1.165, 1.54) is 6.26 Å². The van der Waals surface area contributed by atoms with Gasteiger partial charge >= 0.3 is 0 Å². The van der Waals surface area contributed by atoms with Crippen LogP contribution in [0.15, 0.2) is 23.2 Å². The molecule has 9 heteroatoms. The zero-order valence-corrected chi connectivity index (χ0v) is 18.2. The van der Waals surface area contributed by atoms with Crippen LogP contribution in [0.5, 0.6) is 0 Å². The van der Waals surface area contributed by atoms with Crippen molar-refractivity contribution in [3.63, 3.8) is 0 Å². The Morgan fingerprint density at radius 3 is 2.56 bits per heavy atom. The number of nitrogens with zero attached hydrogens (tertiary/aromatic N) is 2. The van der Waals surface area contributed by atoms with Gasteiger partial charge in [-0.15, -0.1) is 0 Å². The smallest absolute Gasteiger partial charge is 0.211 e. The lowest BCUT2D eigenvalue weighted by Crippen LogP contribution is -2.44. The van der Waals surface area contributed by atoms with Gasteiger partial charge in [0.25, 0.3) is 0 Å². The summed E-state index contributed by atoms with van der Waals surface area (Å²) < 4.78 is 24.7. The summed E-state index contributed by atoms with van der Waals surface area (Å²) in [4.78, 5) is 4.24. The molecule has 6 nitrogen and oxygen atoms in total. The second-order valence-electron chi connectivity index (χ2n) is 6.82. The van der Waals surface area contributed by atoms with Crippen molar-refractivity contribution in [3.05, 3.63) is 33.8 Å². The van der Waals surface area contributed by atoms with Gasteiger partial charge in [0, 0.05) is 43.3 Å². The van der Waals surface area contributed by atoms with Gasteiger partial charge in [0.05, 0.1) is 6.26 Å². The van der Waals surface area contributed by atoms with Crippen LogP contribution >= 0.6 is 23.2 Å². The summed E-state index contributed by atoms with van der Waals surface area (Å²) in [6.45, 7) is 2.77. The van der Waals surface area contributed by atoms with Crippen molar-refractivity contribution in [1.29, 1.82) is 0 Å². The van der Waals surface area contributed by atoms with E-state index in [-0.39, 0.29) is 0 Å². The summed E-state index contributed by atoms with van der Waals surface area (Å²) in [6, 6.07) is 5.58. The van der Waals surface area contributed by atoms with Crippen LogP contribution in [-0.2, 0) is 16.4 Å². The molecule has 0 spiro atoms. The van der Waals surface area contributed by atoms with Gasteiger partial charge in [0.2, 0.25) is 10.0 Å². The minimum Gasteiger partial charge on any atom is -0.356 e. The third-order valence-corrected chi connectivity index (χ3v) is 6.64. The highest BCUT2D eigenvalue weighted by atomic mass is 35.5. The Morgan fingerprint density at radius 1 is 1.26 bits per heavy atom. The van der Waals surface area contributed by atoms with Crippen molar-refractivity contribution in [2.24, 2.45) is 10.9 Å². The minimum absolute atomic E-state index is 0.453. The van der Waals surface area contributed by atoms with Gasteiger partial charge in [-0.3, -0.25) is 4.99 Å². The van der Waals surface area contributed by atoms with Crippen molar-refractivity contribution in [2.75, 3.05) is 39.5 Å². The number of aryl methyl sites for hydroxylation is 1. The SMILES string of the molecule is CN=C(NCCCc1ccc(Cl)cc1Cl)NCC1CCN(S(C)(=O)=O)CC1. The molecule has 0 aliphatic carbocycles. The number of sulfonamides is 1. The Bertz CT molecular complexity index is 748. The predicted molar refractivity (Wildman–Crippen MR) is 113 cm³/mol. The topological polar surface area (TPSA) is 73.8 Å². The van der Waals surface area contributed by atoms with E-state index in [0.717, 1.165) is 50.3 Å². The van der Waals surface area contributed by atoms with Gasteiger partial charge in [0.15, 0.2) is 5.96 Å². The molecule has 1 fully saturated rings. The van der Waals surface area contributed by atoms with Crippen LogP contribution in [0.1, 0.15) is 24.8 Å². The highest BCUT2D eigenvalue weighted by Gasteiger charge is 2.24. The van der Waals surface area contributed by atoms with Crippen LogP contribution < -0.4 is 10.6 Å². The van der Waals surface area contributed by atoms with E-state index in [2.05, 4.69) is 15.6 Å². The summed E-state index contributed by atoms with van der Waals surface area (Å²) in [7, 11) is -1.32. The van der Waals surface area contributed by atoms with Crippen molar-refractivity contribution < 1.29 is 8.42 Å². The van der Waals surface area contributed by atoms with Crippen molar-refractivity contribution in [2.45, 2.75) is 25.7 Å². The molecular formula is C18H28Cl2N4O2S. The van der Waals surface area contributed by atoms with E-state index < -0.39 is 10.0 Å². The summed E-state index contributed by atoms with van der Waals surface area (Å²) in [5.41, 5.74) is 1.09. The number of rotatable bonds is 7. The number of halogens is 2. The van der Waals surface area contributed by atoms with Gasteiger partial charge in [-0.1, -0.05) is 29.3 Å². The van der Waals surface area contributed by atoms with E-state index in [9.17, 15) is 8.42 Å². The maximum atomic E-state index is 11.6. The van der Waals surface area contributed by atoms with Crippen LogP contribution in [-0.4, -0.2) is 58.2 Å². The Kier molecular flexibility index (Phi) is 8.66. The fourth-order valence-corrected chi connectivity index (χ4v) is 4.49. The molecule has 1 saturated heterocycles. The van der Waals surface area contributed by atoms with Gasteiger partial charge < -0.3 is 10.6 Å². The second-order valence-corrected chi connectivity index (χ2v) is 9.65. The first-order chi connectivity index (χ1) is 12.8. The monoisotopic (exact) mass is 434 g/mol. The van der Waals surface area contributed by atoms with Crippen molar-refractivity contribution >= 4 is 39.2 Å². The molecule has 1 aromatic rings. The van der Waals surface area contributed by atoms with E-state index in [0.29, 0.717) is 29.1 Å². The average molecular weight is 435 g/mol. The van der Waals surface area contributed by atoms with E-state index in [4.69, 9.17) is 23.2 Å². The quantitative estimate of drug-likeness (QED) is 0.393. The first-order valence-corrected chi connectivity index (χ1v) is 11.7. The lowest BCUT2D eigenvalue weighted by Gasteiger charge is -2.30. The molecule has 0 amide bonds. The molecule has 2 N–H and O–H groups in total. The number of benzene rings is 1. The normalized spacial score (nSPS) is 17.1. The molecule has 152 valence electrons. The predicted octanol–water partition coefficient (Wildman–Crippen LogP) is 2.76. The molecule has 2 rings (SSSR count). The Labute approximate surface area is 172 Å². The summed E-state index contributed by atoms with van der Waals surface area (Å²) >= 11 is 12.1. The number of hydrogen-bond donors (Lipinski definition) is 2. The maximum Gasteiger partial charge on any atom is 0.211 e. The highest BCUT2D eigenvalue weighted by molar-refractivity contribution is 7.88. The molecule has 1 aliphatic rings. The number of guanidine groups is 1. The van der Waals surface area contributed by atoms with Crippen LogP contribution in [0.2, 0.25) is 10.0 Å². The van der Waals surface area contributed by atoms with Crippen molar-refractivity contribution in [3.8, 4) is 0 Å². The molecule has 0 atom stereocenters. The van der Waals surface area contributed by atoms with Crippen LogP contribution in [0.25, 0.3) is 0 Å².